The fourth-order valence-electron chi connectivity index (χ4n) is 2.37. The zero-order chi connectivity index (χ0) is 14.7. The van der Waals surface area contributed by atoms with Gasteiger partial charge in [-0.3, -0.25) is 0 Å². The molecule has 0 saturated heterocycles. The fourth-order valence-corrected chi connectivity index (χ4v) is 3.25. The minimum Gasteiger partial charge on any atom is -0.354 e. The third-order valence-corrected chi connectivity index (χ3v) is 4.51. The highest BCUT2D eigenvalue weighted by atomic mass is 32.1. The summed E-state index contributed by atoms with van der Waals surface area (Å²) in [6.45, 7) is 12.7. The number of anilines is 2. The molecule has 20 heavy (non-hydrogen) atoms. The Labute approximate surface area is 125 Å². The Hall–Kier alpha value is -1.36. The molecule has 2 heterocycles. The Morgan fingerprint density at radius 3 is 2.65 bits per heavy atom. The molecule has 0 aliphatic carbocycles. The van der Waals surface area contributed by atoms with Crippen molar-refractivity contribution in [2.75, 3.05) is 23.3 Å². The highest BCUT2D eigenvalue weighted by Gasteiger charge is 2.18. The molecule has 1 N–H and O–H groups in total. The van der Waals surface area contributed by atoms with Crippen LogP contribution in [0.3, 0.4) is 0 Å². The number of aromatic nitrogens is 2. The molecule has 0 amide bonds. The van der Waals surface area contributed by atoms with E-state index in [1.54, 1.807) is 11.3 Å². The van der Waals surface area contributed by atoms with Crippen molar-refractivity contribution < 1.29 is 0 Å². The summed E-state index contributed by atoms with van der Waals surface area (Å²) < 4.78 is 0. The average Bonchev–Trinajstić information content (AvgIpc) is 2.80. The predicted molar refractivity (Wildman–Crippen MR) is 89.1 cm³/mol. The standard InChI is InChI=1S/C15H24N4S/c1-6-10(4)19(8-3)13-12-9-11(5)20-14(12)18-15(17-13)16-7-2/h9-10H,6-8H2,1-5H3,(H,16,17,18). The van der Waals surface area contributed by atoms with Gasteiger partial charge in [0.2, 0.25) is 5.95 Å². The van der Waals surface area contributed by atoms with Gasteiger partial charge in [0.05, 0.1) is 5.39 Å². The van der Waals surface area contributed by atoms with Crippen LogP contribution in [0.2, 0.25) is 0 Å². The molecule has 0 fully saturated rings. The lowest BCUT2D eigenvalue weighted by Gasteiger charge is -2.29. The van der Waals surface area contributed by atoms with Crippen molar-refractivity contribution in [2.45, 2.75) is 47.1 Å². The van der Waals surface area contributed by atoms with Crippen LogP contribution in [0.4, 0.5) is 11.8 Å². The van der Waals surface area contributed by atoms with E-state index in [0.29, 0.717) is 6.04 Å². The molecule has 1 unspecified atom stereocenters. The van der Waals surface area contributed by atoms with E-state index in [1.165, 1.54) is 10.3 Å². The van der Waals surface area contributed by atoms with Gasteiger partial charge in [-0.15, -0.1) is 11.3 Å². The number of nitrogens with one attached hydrogen (secondary N) is 1. The van der Waals surface area contributed by atoms with Gasteiger partial charge < -0.3 is 10.2 Å². The Morgan fingerprint density at radius 2 is 2.05 bits per heavy atom. The van der Waals surface area contributed by atoms with Crippen LogP contribution < -0.4 is 10.2 Å². The van der Waals surface area contributed by atoms with Crippen LogP contribution in [0.5, 0.6) is 0 Å². The highest BCUT2D eigenvalue weighted by Crippen LogP contribution is 2.32. The third kappa shape index (κ3) is 2.87. The van der Waals surface area contributed by atoms with E-state index in [2.05, 4.69) is 55.9 Å². The van der Waals surface area contributed by atoms with Crippen LogP contribution in [-0.4, -0.2) is 29.1 Å². The number of hydrogen-bond acceptors (Lipinski definition) is 5. The van der Waals surface area contributed by atoms with Crippen LogP contribution in [0.15, 0.2) is 6.07 Å². The number of hydrogen-bond donors (Lipinski definition) is 1. The highest BCUT2D eigenvalue weighted by molar-refractivity contribution is 7.18. The topological polar surface area (TPSA) is 41.1 Å². The fraction of sp³-hybridized carbons (Fsp3) is 0.600. The molecule has 4 nitrogen and oxygen atoms in total. The molecule has 2 aromatic rings. The van der Waals surface area contributed by atoms with Gasteiger partial charge in [-0.2, -0.15) is 4.98 Å². The maximum atomic E-state index is 4.75. The van der Waals surface area contributed by atoms with E-state index >= 15 is 0 Å². The van der Waals surface area contributed by atoms with Crippen molar-refractivity contribution >= 4 is 33.3 Å². The van der Waals surface area contributed by atoms with Crippen molar-refractivity contribution in [3.05, 3.63) is 10.9 Å². The zero-order valence-corrected chi connectivity index (χ0v) is 13.8. The SMILES string of the molecule is CCNc1nc(N(CC)C(C)CC)c2cc(C)sc2n1. The van der Waals surface area contributed by atoms with Crippen molar-refractivity contribution in [2.24, 2.45) is 0 Å². The zero-order valence-electron chi connectivity index (χ0n) is 13.0. The summed E-state index contributed by atoms with van der Waals surface area (Å²) >= 11 is 1.74. The molecule has 110 valence electrons. The summed E-state index contributed by atoms with van der Waals surface area (Å²) in [5, 5.41) is 4.42. The first kappa shape index (κ1) is 15.0. The molecule has 0 radical (unpaired) electrons. The van der Waals surface area contributed by atoms with E-state index in [-0.39, 0.29) is 0 Å². The van der Waals surface area contributed by atoms with E-state index < -0.39 is 0 Å². The van der Waals surface area contributed by atoms with Gasteiger partial charge in [0.1, 0.15) is 10.6 Å². The summed E-state index contributed by atoms with van der Waals surface area (Å²) in [6, 6.07) is 2.68. The second-order valence-corrected chi connectivity index (χ2v) is 6.26. The second-order valence-electron chi connectivity index (χ2n) is 5.02. The van der Waals surface area contributed by atoms with Gasteiger partial charge in [0, 0.05) is 24.0 Å². The summed E-state index contributed by atoms with van der Waals surface area (Å²) in [7, 11) is 0. The van der Waals surface area contributed by atoms with E-state index in [9.17, 15) is 0 Å². The number of fused-ring (bicyclic) bond motifs is 1. The molecule has 0 aromatic carbocycles. The lowest BCUT2D eigenvalue weighted by molar-refractivity contribution is 0.625. The van der Waals surface area contributed by atoms with Gasteiger partial charge in [0.25, 0.3) is 0 Å². The van der Waals surface area contributed by atoms with Crippen molar-refractivity contribution in [3.63, 3.8) is 0 Å². The summed E-state index contributed by atoms with van der Waals surface area (Å²) in [5.41, 5.74) is 0. The number of aryl methyl sites for hydroxylation is 1. The molecule has 0 spiro atoms. The average molecular weight is 292 g/mol. The maximum absolute atomic E-state index is 4.75. The lowest BCUT2D eigenvalue weighted by atomic mass is 10.2. The summed E-state index contributed by atoms with van der Waals surface area (Å²) in [5.74, 6) is 1.80. The minimum atomic E-state index is 0.479. The summed E-state index contributed by atoms with van der Waals surface area (Å²) in [6.07, 6.45) is 1.11. The number of rotatable bonds is 6. The van der Waals surface area contributed by atoms with Crippen LogP contribution in [0.1, 0.15) is 39.0 Å². The molecule has 0 bridgehead atoms. The quantitative estimate of drug-likeness (QED) is 0.872. The van der Waals surface area contributed by atoms with Crippen LogP contribution in [-0.2, 0) is 0 Å². The first-order valence-electron chi connectivity index (χ1n) is 7.39. The summed E-state index contributed by atoms with van der Waals surface area (Å²) in [4.78, 5) is 14.1. The Kier molecular flexibility index (Phi) is 4.81. The maximum Gasteiger partial charge on any atom is 0.226 e. The van der Waals surface area contributed by atoms with Crippen LogP contribution in [0, 0.1) is 6.92 Å². The number of nitrogens with zero attached hydrogens (tertiary/aromatic N) is 3. The van der Waals surface area contributed by atoms with Gasteiger partial charge >= 0.3 is 0 Å². The Bertz CT molecular complexity index is 579. The first-order valence-corrected chi connectivity index (χ1v) is 8.21. The Morgan fingerprint density at radius 1 is 1.30 bits per heavy atom. The van der Waals surface area contributed by atoms with Crippen molar-refractivity contribution in [1.82, 2.24) is 9.97 Å². The molecular weight excluding hydrogens is 268 g/mol. The third-order valence-electron chi connectivity index (χ3n) is 3.57. The molecule has 0 aliphatic rings. The van der Waals surface area contributed by atoms with Crippen LogP contribution >= 0.6 is 11.3 Å². The van der Waals surface area contributed by atoms with E-state index in [0.717, 1.165) is 36.1 Å². The van der Waals surface area contributed by atoms with E-state index in [1.807, 2.05) is 0 Å². The predicted octanol–water partition coefficient (Wildman–Crippen LogP) is 4.06. The molecule has 0 aliphatic heterocycles. The minimum absolute atomic E-state index is 0.479. The van der Waals surface area contributed by atoms with Gasteiger partial charge in [-0.05, 0) is 40.2 Å². The van der Waals surface area contributed by atoms with Crippen molar-refractivity contribution in [1.29, 1.82) is 0 Å². The largest absolute Gasteiger partial charge is 0.354 e. The van der Waals surface area contributed by atoms with Crippen molar-refractivity contribution in [3.8, 4) is 0 Å². The smallest absolute Gasteiger partial charge is 0.226 e. The molecule has 2 aromatic heterocycles. The molecule has 1 atom stereocenters. The first-order chi connectivity index (χ1) is 9.60. The Balaban J connectivity index is 2.58. The monoisotopic (exact) mass is 292 g/mol. The van der Waals surface area contributed by atoms with Gasteiger partial charge in [0.15, 0.2) is 0 Å². The molecule has 5 heteroatoms. The lowest BCUT2D eigenvalue weighted by Crippen LogP contribution is -2.33. The van der Waals surface area contributed by atoms with E-state index in [4.69, 9.17) is 4.98 Å². The normalized spacial score (nSPS) is 12.7. The van der Waals surface area contributed by atoms with Gasteiger partial charge in [-0.1, -0.05) is 6.92 Å². The molecular formula is C15H24N4S. The molecule has 2 rings (SSSR count). The second kappa shape index (κ2) is 6.39. The van der Waals surface area contributed by atoms with Gasteiger partial charge in [-0.25, -0.2) is 4.98 Å². The van der Waals surface area contributed by atoms with Crippen LogP contribution in [0.25, 0.3) is 10.2 Å². The number of thiophene rings is 1. The molecule has 0 saturated carbocycles.